The summed E-state index contributed by atoms with van der Waals surface area (Å²) in [6.07, 6.45) is -0.804. The Labute approximate surface area is 187 Å². The number of hydrogen-bond acceptors (Lipinski definition) is 6. The second kappa shape index (κ2) is 9.30. The van der Waals surface area contributed by atoms with Crippen LogP contribution in [0.25, 0.3) is 11.3 Å². The minimum atomic E-state index is -4.66. The average molecular weight is 455 g/mol. The molecule has 1 aromatic carbocycles. The molecule has 1 saturated heterocycles. The van der Waals surface area contributed by atoms with Crippen molar-refractivity contribution in [3.63, 3.8) is 0 Å². The summed E-state index contributed by atoms with van der Waals surface area (Å²) in [5.74, 6) is -0.448. The zero-order valence-corrected chi connectivity index (χ0v) is 17.3. The lowest BCUT2D eigenvalue weighted by Crippen LogP contribution is -2.38. The number of hydrogen-bond donors (Lipinski definition) is 4. The van der Waals surface area contributed by atoms with Crippen molar-refractivity contribution in [3.05, 3.63) is 59.5 Å². The fraction of sp³-hybridized carbons (Fsp3) is 0.273. The van der Waals surface area contributed by atoms with E-state index in [9.17, 15) is 18.0 Å². The number of nitrogens with zero attached hydrogens (tertiary/aromatic N) is 3. The van der Waals surface area contributed by atoms with Gasteiger partial charge in [0.1, 0.15) is 11.3 Å². The summed E-state index contributed by atoms with van der Waals surface area (Å²) in [7, 11) is 0. The first kappa shape index (κ1) is 22.3. The molecule has 2 aromatic heterocycles. The van der Waals surface area contributed by atoms with Gasteiger partial charge in [-0.3, -0.25) is 4.79 Å². The quantitative estimate of drug-likeness (QED) is 0.465. The molecule has 3 heterocycles. The van der Waals surface area contributed by atoms with E-state index in [4.69, 9.17) is 5.26 Å². The lowest BCUT2D eigenvalue weighted by molar-refractivity contribution is -0.137. The molecule has 1 amide bonds. The number of halogens is 3. The molecular weight excluding hydrogens is 435 g/mol. The first-order chi connectivity index (χ1) is 15.8. The normalized spacial score (nSPS) is 16.1. The Morgan fingerprint density at radius 1 is 1.24 bits per heavy atom. The van der Waals surface area contributed by atoms with Crippen LogP contribution >= 0.6 is 0 Å². The summed E-state index contributed by atoms with van der Waals surface area (Å²) in [6, 6.07) is 9.51. The number of amides is 1. The van der Waals surface area contributed by atoms with Gasteiger partial charge in [0.2, 0.25) is 5.95 Å². The van der Waals surface area contributed by atoms with Crippen LogP contribution in [0.2, 0.25) is 0 Å². The van der Waals surface area contributed by atoms with Crippen LogP contribution in [0.3, 0.4) is 0 Å². The largest absolute Gasteiger partial charge is 0.419 e. The summed E-state index contributed by atoms with van der Waals surface area (Å²) >= 11 is 0. The molecule has 3 aromatic rings. The summed E-state index contributed by atoms with van der Waals surface area (Å²) in [4.78, 5) is 23.2. The molecule has 170 valence electrons. The van der Waals surface area contributed by atoms with Gasteiger partial charge in [0.25, 0.3) is 5.91 Å². The number of anilines is 2. The van der Waals surface area contributed by atoms with Gasteiger partial charge in [-0.05, 0) is 49.7 Å². The number of aromatic nitrogens is 3. The van der Waals surface area contributed by atoms with Crippen molar-refractivity contribution >= 4 is 17.5 Å². The monoisotopic (exact) mass is 455 g/mol. The molecule has 1 aliphatic heterocycles. The molecule has 1 atom stereocenters. The van der Waals surface area contributed by atoms with Crippen molar-refractivity contribution in [3.8, 4) is 17.3 Å². The predicted molar refractivity (Wildman–Crippen MR) is 115 cm³/mol. The Hall–Kier alpha value is -3.91. The fourth-order valence-corrected chi connectivity index (χ4v) is 3.53. The van der Waals surface area contributed by atoms with E-state index in [0.29, 0.717) is 17.8 Å². The molecule has 4 rings (SSSR count). The van der Waals surface area contributed by atoms with Crippen molar-refractivity contribution in [1.82, 2.24) is 20.3 Å². The molecule has 1 fully saturated rings. The highest BCUT2D eigenvalue weighted by Crippen LogP contribution is 2.36. The van der Waals surface area contributed by atoms with Crippen LogP contribution < -0.4 is 16.0 Å². The van der Waals surface area contributed by atoms with E-state index < -0.39 is 17.6 Å². The van der Waals surface area contributed by atoms with E-state index in [1.807, 2.05) is 6.07 Å². The standard InChI is InChI=1S/C22H20F3N7O/c23-22(24,25)17-12-29-21(31-16-2-1-7-27-11-16)32-19(17)14-8-18(28-10-14)20(33)30-15-5-3-13(9-26)4-6-15/h3-6,8,10,12,16,27-28H,1-2,7,11H2,(H,30,33)(H,29,31,32). The third-order valence-corrected chi connectivity index (χ3v) is 5.20. The van der Waals surface area contributed by atoms with E-state index in [0.717, 1.165) is 25.6 Å². The van der Waals surface area contributed by atoms with Gasteiger partial charge in [-0.25, -0.2) is 9.97 Å². The number of nitrogens with one attached hydrogen (secondary N) is 4. The van der Waals surface area contributed by atoms with Gasteiger partial charge >= 0.3 is 6.18 Å². The zero-order chi connectivity index (χ0) is 23.4. The summed E-state index contributed by atoms with van der Waals surface area (Å²) in [5.41, 5.74) is -0.260. The Bertz CT molecular complexity index is 1180. The topological polar surface area (TPSA) is 119 Å². The molecule has 0 radical (unpaired) electrons. The first-order valence-electron chi connectivity index (χ1n) is 10.3. The molecule has 11 heteroatoms. The Morgan fingerprint density at radius 3 is 2.70 bits per heavy atom. The van der Waals surface area contributed by atoms with Crippen LogP contribution in [-0.4, -0.2) is 40.0 Å². The highest BCUT2D eigenvalue weighted by molar-refractivity contribution is 6.03. The van der Waals surface area contributed by atoms with E-state index in [-0.39, 0.29) is 28.9 Å². The van der Waals surface area contributed by atoms with E-state index in [1.165, 1.54) is 12.3 Å². The van der Waals surface area contributed by atoms with Crippen molar-refractivity contribution in [1.29, 1.82) is 5.26 Å². The highest BCUT2D eigenvalue weighted by atomic mass is 19.4. The van der Waals surface area contributed by atoms with Crippen LogP contribution in [0.15, 0.2) is 42.7 Å². The molecule has 0 spiro atoms. The number of alkyl halides is 3. The van der Waals surface area contributed by atoms with Gasteiger partial charge in [-0.2, -0.15) is 18.4 Å². The van der Waals surface area contributed by atoms with Crippen LogP contribution in [0.5, 0.6) is 0 Å². The summed E-state index contributed by atoms with van der Waals surface area (Å²) in [6.45, 7) is 1.57. The Morgan fingerprint density at radius 2 is 2.03 bits per heavy atom. The van der Waals surface area contributed by atoms with Crippen LogP contribution in [-0.2, 0) is 6.18 Å². The van der Waals surface area contributed by atoms with Crippen LogP contribution in [0.4, 0.5) is 24.8 Å². The van der Waals surface area contributed by atoms with Crippen molar-refractivity contribution in [2.45, 2.75) is 25.1 Å². The molecule has 8 nitrogen and oxygen atoms in total. The number of carbonyl (C=O) groups excluding carboxylic acids is 1. The smallest absolute Gasteiger partial charge is 0.357 e. The number of H-pyrrole nitrogens is 1. The highest BCUT2D eigenvalue weighted by Gasteiger charge is 2.36. The minimum absolute atomic E-state index is 0.0170. The van der Waals surface area contributed by atoms with Gasteiger partial charge in [0, 0.05) is 36.2 Å². The van der Waals surface area contributed by atoms with Crippen molar-refractivity contribution < 1.29 is 18.0 Å². The molecule has 1 aliphatic rings. The van der Waals surface area contributed by atoms with Crippen LogP contribution in [0, 0.1) is 11.3 Å². The van der Waals surface area contributed by atoms with E-state index >= 15 is 0 Å². The molecule has 0 saturated carbocycles. The molecule has 0 aliphatic carbocycles. The second-order valence-corrected chi connectivity index (χ2v) is 7.59. The number of carbonyl (C=O) groups is 1. The lowest BCUT2D eigenvalue weighted by Gasteiger charge is -2.24. The summed E-state index contributed by atoms with van der Waals surface area (Å²) in [5, 5.41) is 17.8. The van der Waals surface area contributed by atoms with E-state index in [2.05, 4.69) is 30.9 Å². The van der Waals surface area contributed by atoms with Gasteiger partial charge in [0.05, 0.1) is 17.3 Å². The number of rotatable bonds is 5. The zero-order valence-electron chi connectivity index (χ0n) is 17.3. The third kappa shape index (κ3) is 5.30. The third-order valence-electron chi connectivity index (χ3n) is 5.20. The van der Waals surface area contributed by atoms with Gasteiger partial charge < -0.3 is 20.9 Å². The maximum absolute atomic E-state index is 13.6. The first-order valence-corrected chi connectivity index (χ1v) is 10.3. The van der Waals surface area contributed by atoms with Gasteiger partial charge in [-0.1, -0.05) is 0 Å². The molecule has 33 heavy (non-hydrogen) atoms. The van der Waals surface area contributed by atoms with Crippen molar-refractivity contribution in [2.24, 2.45) is 0 Å². The fourth-order valence-electron chi connectivity index (χ4n) is 3.53. The maximum Gasteiger partial charge on any atom is 0.419 e. The predicted octanol–water partition coefficient (Wildman–Crippen LogP) is 3.78. The number of piperidine rings is 1. The Kier molecular flexibility index (Phi) is 6.28. The number of nitriles is 1. The van der Waals surface area contributed by atoms with Crippen LogP contribution in [0.1, 0.15) is 34.5 Å². The molecule has 1 unspecified atom stereocenters. The van der Waals surface area contributed by atoms with Gasteiger partial charge in [0.15, 0.2) is 0 Å². The van der Waals surface area contributed by atoms with E-state index in [1.54, 1.807) is 24.3 Å². The average Bonchev–Trinajstić information content (AvgIpc) is 3.30. The van der Waals surface area contributed by atoms with Crippen molar-refractivity contribution in [2.75, 3.05) is 23.7 Å². The molecular formula is C22H20F3N7O. The summed E-state index contributed by atoms with van der Waals surface area (Å²) < 4.78 is 40.8. The number of aromatic amines is 1. The minimum Gasteiger partial charge on any atom is -0.357 e. The molecule has 4 N–H and O–H groups in total. The Balaban J connectivity index is 1.58. The lowest BCUT2D eigenvalue weighted by atomic mass is 10.1. The second-order valence-electron chi connectivity index (χ2n) is 7.59. The maximum atomic E-state index is 13.6. The van der Waals surface area contributed by atoms with Gasteiger partial charge in [-0.15, -0.1) is 0 Å². The molecule has 0 bridgehead atoms. The number of benzene rings is 1. The SMILES string of the molecule is N#Cc1ccc(NC(=O)c2cc(-c3nc(NC4CCCNC4)ncc3C(F)(F)F)c[nH]2)cc1.